The number of hydrogen-bond donors (Lipinski definition) is 1. The van der Waals surface area contributed by atoms with Crippen LogP contribution in [0.1, 0.15) is 5.56 Å². The molecule has 0 saturated heterocycles. The Bertz CT molecular complexity index is 651. The smallest absolute Gasteiger partial charge is 0.154 e. The number of nitrogens with two attached hydrogens (primary N) is 1. The first-order chi connectivity index (χ1) is 10.0. The van der Waals surface area contributed by atoms with Gasteiger partial charge in [0.15, 0.2) is 11.5 Å². The van der Waals surface area contributed by atoms with E-state index in [1.807, 2.05) is 12.1 Å². The summed E-state index contributed by atoms with van der Waals surface area (Å²) in [5, 5.41) is 0. The molecule has 0 radical (unpaired) electrons. The lowest BCUT2D eigenvalue weighted by molar-refractivity contribution is -0.107. The van der Waals surface area contributed by atoms with Crippen LogP contribution >= 0.6 is 45.2 Å². The van der Waals surface area contributed by atoms with Gasteiger partial charge in [-0.15, -0.1) is 0 Å². The van der Waals surface area contributed by atoms with Crippen LogP contribution in [0, 0.1) is 7.14 Å². The van der Waals surface area contributed by atoms with E-state index in [0.29, 0.717) is 23.6 Å². The molecular weight excluding hydrogens is 496 g/mol. The fourth-order valence-corrected chi connectivity index (χ4v) is 3.90. The third-order valence-electron chi connectivity index (χ3n) is 2.81. The molecule has 2 N–H and O–H groups in total. The number of carbonyl (C=O) groups excluding carboxylic acids is 1. The van der Waals surface area contributed by atoms with Crippen LogP contribution in [0.25, 0.3) is 0 Å². The number of benzene rings is 2. The second-order valence-corrected chi connectivity index (χ2v) is 6.59. The summed E-state index contributed by atoms with van der Waals surface area (Å²) < 4.78 is 12.9. The minimum Gasteiger partial charge on any atom is -0.497 e. The second kappa shape index (κ2) is 7.30. The first-order valence-corrected chi connectivity index (χ1v) is 8.23. The summed E-state index contributed by atoms with van der Waals surface area (Å²) in [6.45, 7) is 0. The molecule has 2 rings (SSSR count). The summed E-state index contributed by atoms with van der Waals surface area (Å²) in [5.74, 6) is 2.00. The summed E-state index contributed by atoms with van der Waals surface area (Å²) in [5.41, 5.74) is 7.44. The van der Waals surface area contributed by atoms with Crippen LogP contribution in [0.3, 0.4) is 0 Å². The Morgan fingerprint density at radius 3 is 2.38 bits per heavy atom. The number of aldehydes is 1. The number of halogens is 2. The van der Waals surface area contributed by atoms with Gasteiger partial charge in [0.2, 0.25) is 0 Å². The first kappa shape index (κ1) is 16.3. The maximum absolute atomic E-state index is 10.6. The minimum absolute atomic E-state index is 0.400. The molecule has 0 bridgehead atoms. The number of carbonyl (C=O) groups is 1. The SMILES string of the molecule is COc1ccc(Oc2c(I)cc(CC=O)cc2I)c(N)c1. The van der Waals surface area contributed by atoms with Crippen molar-refractivity contribution < 1.29 is 14.3 Å². The van der Waals surface area contributed by atoms with Crippen molar-refractivity contribution in [3.8, 4) is 17.2 Å². The van der Waals surface area contributed by atoms with Crippen molar-refractivity contribution in [3.05, 3.63) is 43.0 Å². The van der Waals surface area contributed by atoms with Crippen molar-refractivity contribution >= 4 is 57.2 Å². The zero-order chi connectivity index (χ0) is 15.4. The summed E-state index contributed by atoms with van der Waals surface area (Å²) in [7, 11) is 1.59. The van der Waals surface area contributed by atoms with Gasteiger partial charge in [0.25, 0.3) is 0 Å². The standard InChI is InChI=1S/C15H13I2NO3/c1-20-10-2-3-14(13(18)8-10)21-15-11(16)6-9(4-5-19)7-12(15)17/h2-3,5-8H,4,18H2,1H3. The Hall–Kier alpha value is -1.03. The third-order valence-corrected chi connectivity index (χ3v) is 4.41. The second-order valence-electron chi connectivity index (χ2n) is 4.27. The predicted molar refractivity (Wildman–Crippen MR) is 99.1 cm³/mol. The van der Waals surface area contributed by atoms with Gasteiger partial charge in [-0.2, -0.15) is 0 Å². The molecule has 0 aliphatic carbocycles. The van der Waals surface area contributed by atoms with E-state index in [2.05, 4.69) is 45.2 Å². The van der Waals surface area contributed by atoms with Crippen LogP contribution in [-0.4, -0.2) is 13.4 Å². The molecule has 0 spiro atoms. The fourth-order valence-electron chi connectivity index (χ4n) is 1.78. The highest BCUT2D eigenvalue weighted by Gasteiger charge is 2.12. The van der Waals surface area contributed by atoms with Gasteiger partial charge in [-0.3, -0.25) is 0 Å². The van der Waals surface area contributed by atoms with E-state index in [1.54, 1.807) is 25.3 Å². The number of rotatable bonds is 5. The maximum Gasteiger partial charge on any atom is 0.154 e. The van der Waals surface area contributed by atoms with Gasteiger partial charge in [-0.25, -0.2) is 0 Å². The lowest BCUT2D eigenvalue weighted by atomic mass is 10.1. The molecular formula is C15H13I2NO3. The molecule has 0 fully saturated rings. The van der Waals surface area contributed by atoms with E-state index in [1.165, 1.54) is 0 Å². The van der Waals surface area contributed by atoms with E-state index >= 15 is 0 Å². The highest BCUT2D eigenvalue weighted by Crippen LogP contribution is 2.36. The Balaban J connectivity index is 2.33. The third kappa shape index (κ3) is 4.00. The van der Waals surface area contributed by atoms with Crippen LogP contribution in [0.15, 0.2) is 30.3 Å². The molecule has 0 heterocycles. The predicted octanol–water partition coefficient (Wildman–Crippen LogP) is 4.02. The molecule has 2 aromatic rings. The molecule has 6 heteroatoms. The molecule has 4 nitrogen and oxygen atoms in total. The number of hydrogen-bond acceptors (Lipinski definition) is 4. The molecule has 110 valence electrons. The minimum atomic E-state index is 0.400. The van der Waals surface area contributed by atoms with Crippen LogP contribution in [-0.2, 0) is 11.2 Å². The Morgan fingerprint density at radius 1 is 1.19 bits per heavy atom. The van der Waals surface area contributed by atoms with E-state index in [0.717, 1.165) is 24.7 Å². The van der Waals surface area contributed by atoms with Crippen molar-refractivity contribution in [2.24, 2.45) is 0 Å². The quantitative estimate of drug-likeness (QED) is 0.376. The van der Waals surface area contributed by atoms with Gasteiger partial charge in [0.1, 0.15) is 12.0 Å². The average Bonchev–Trinajstić information content (AvgIpc) is 2.44. The molecule has 0 aromatic heterocycles. The summed E-state index contributed by atoms with van der Waals surface area (Å²) in [6.07, 6.45) is 1.29. The highest BCUT2D eigenvalue weighted by molar-refractivity contribution is 14.1. The van der Waals surface area contributed by atoms with Gasteiger partial charge < -0.3 is 20.0 Å². The van der Waals surface area contributed by atoms with Gasteiger partial charge in [0, 0.05) is 12.5 Å². The normalized spacial score (nSPS) is 10.2. The maximum atomic E-state index is 10.6. The van der Waals surface area contributed by atoms with Crippen molar-refractivity contribution in [3.63, 3.8) is 0 Å². The fraction of sp³-hybridized carbons (Fsp3) is 0.133. The molecule has 0 unspecified atom stereocenters. The molecule has 0 amide bonds. The molecule has 0 aliphatic rings. The van der Waals surface area contributed by atoms with Crippen molar-refractivity contribution in [2.45, 2.75) is 6.42 Å². The van der Waals surface area contributed by atoms with Crippen LogP contribution in [0.5, 0.6) is 17.2 Å². The van der Waals surface area contributed by atoms with Gasteiger partial charge in [0.05, 0.1) is 19.9 Å². The van der Waals surface area contributed by atoms with Crippen molar-refractivity contribution in [2.75, 3.05) is 12.8 Å². The van der Waals surface area contributed by atoms with Gasteiger partial charge in [-0.05, 0) is 75.0 Å². The first-order valence-electron chi connectivity index (χ1n) is 6.08. The Kier molecular flexibility index (Phi) is 5.68. The lowest BCUT2D eigenvalue weighted by Crippen LogP contribution is -1.98. The Morgan fingerprint density at radius 2 is 1.86 bits per heavy atom. The van der Waals surface area contributed by atoms with Gasteiger partial charge in [-0.1, -0.05) is 0 Å². The zero-order valence-corrected chi connectivity index (χ0v) is 15.5. The zero-order valence-electron chi connectivity index (χ0n) is 11.2. The number of methoxy groups -OCH3 is 1. The lowest BCUT2D eigenvalue weighted by Gasteiger charge is -2.13. The molecule has 21 heavy (non-hydrogen) atoms. The molecule has 2 aromatic carbocycles. The Labute approximate surface area is 150 Å². The van der Waals surface area contributed by atoms with E-state index in [9.17, 15) is 4.79 Å². The van der Waals surface area contributed by atoms with Crippen molar-refractivity contribution in [1.29, 1.82) is 0 Å². The largest absolute Gasteiger partial charge is 0.497 e. The van der Waals surface area contributed by atoms with E-state index in [-0.39, 0.29) is 0 Å². The van der Waals surface area contributed by atoms with E-state index < -0.39 is 0 Å². The summed E-state index contributed by atoms with van der Waals surface area (Å²) >= 11 is 4.39. The van der Waals surface area contributed by atoms with E-state index in [4.69, 9.17) is 15.2 Å². The van der Waals surface area contributed by atoms with Crippen LogP contribution in [0.4, 0.5) is 5.69 Å². The molecule has 0 aliphatic heterocycles. The van der Waals surface area contributed by atoms with Crippen molar-refractivity contribution in [1.82, 2.24) is 0 Å². The number of nitrogen functional groups attached to an aromatic ring is 1. The summed E-state index contributed by atoms with van der Waals surface area (Å²) in [6, 6.07) is 9.17. The van der Waals surface area contributed by atoms with Gasteiger partial charge >= 0.3 is 0 Å². The summed E-state index contributed by atoms with van der Waals surface area (Å²) in [4.78, 5) is 10.6. The monoisotopic (exact) mass is 509 g/mol. The molecule has 0 saturated carbocycles. The topological polar surface area (TPSA) is 61.5 Å². The van der Waals surface area contributed by atoms with Crippen LogP contribution in [0.2, 0.25) is 0 Å². The highest BCUT2D eigenvalue weighted by atomic mass is 127. The van der Waals surface area contributed by atoms with Crippen LogP contribution < -0.4 is 15.2 Å². The number of anilines is 1. The molecule has 0 atom stereocenters. The number of ether oxygens (including phenoxy) is 2. The average molecular weight is 509 g/mol.